The van der Waals surface area contributed by atoms with Crippen LogP contribution < -0.4 is 4.90 Å². The van der Waals surface area contributed by atoms with Crippen LogP contribution in [0.3, 0.4) is 0 Å². The highest BCUT2D eigenvalue weighted by Crippen LogP contribution is 2.30. The number of benzene rings is 2. The summed E-state index contributed by atoms with van der Waals surface area (Å²) in [6.07, 6.45) is 0. The fourth-order valence-electron chi connectivity index (χ4n) is 2.85. The quantitative estimate of drug-likeness (QED) is 0.535. The second-order valence-corrected chi connectivity index (χ2v) is 7.08. The molecule has 1 amide bonds. The lowest BCUT2D eigenvalue weighted by Crippen LogP contribution is -2.39. The van der Waals surface area contributed by atoms with E-state index in [-0.39, 0.29) is 18.0 Å². The third kappa shape index (κ3) is 4.84. The SMILES string of the molecule is CCN(CC)CCN(C(=O)c1ccc(F)cc1F)c1nc2ccccc2s1.Cl. The van der Waals surface area contributed by atoms with Crippen LogP contribution >= 0.6 is 23.7 Å². The van der Waals surface area contributed by atoms with Gasteiger partial charge in [0.1, 0.15) is 11.6 Å². The Labute approximate surface area is 173 Å². The van der Waals surface area contributed by atoms with Gasteiger partial charge in [0.15, 0.2) is 5.13 Å². The van der Waals surface area contributed by atoms with Crippen LogP contribution in [0, 0.1) is 11.6 Å². The molecule has 0 aliphatic rings. The van der Waals surface area contributed by atoms with E-state index in [1.807, 2.05) is 38.1 Å². The van der Waals surface area contributed by atoms with Crippen molar-refractivity contribution in [2.75, 3.05) is 31.1 Å². The van der Waals surface area contributed by atoms with Crippen LogP contribution in [0.4, 0.5) is 13.9 Å². The number of anilines is 1. The first-order valence-corrected chi connectivity index (χ1v) is 9.70. The maximum atomic E-state index is 14.2. The number of hydrogen-bond acceptors (Lipinski definition) is 4. The number of likely N-dealkylation sites (N-methyl/N-ethyl adjacent to an activating group) is 1. The number of para-hydroxylation sites is 1. The third-order valence-corrected chi connectivity index (χ3v) is 5.51. The number of hydrogen-bond donors (Lipinski definition) is 0. The molecular formula is C20H22ClF2N3OS. The molecule has 4 nitrogen and oxygen atoms in total. The molecule has 150 valence electrons. The van der Waals surface area contributed by atoms with E-state index in [1.165, 1.54) is 22.3 Å². The molecule has 2 aromatic carbocycles. The van der Waals surface area contributed by atoms with Crippen LogP contribution in [-0.2, 0) is 0 Å². The Kier molecular flexibility index (Phi) is 7.86. The number of fused-ring (bicyclic) bond motifs is 1. The largest absolute Gasteiger partial charge is 0.302 e. The predicted octanol–water partition coefficient (Wildman–Crippen LogP) is 4.98. The first kappa shape index (κ1) is 22.2. The van der Waals surface area contributed by atoms with Crippen molar-refractivity contribution in [3.05, 3.63) is 59.7 Å². The summed E-state index contributed by atoms with van der Waals surface area (Å²) in [6, 6.07) is 10.6. The highest BCUT2D eigenvalue weighted by molar-refractivity contribution is 7.22. The zero-order valence-electron chi connectivity index (χ0n) is 15.7. The van der Waals surface area contributed by atoms with Crippen molar-refractivity contribution in [1.82, 2.24) is 9.88 Å². The van der Waals surface area contributed by atoms with Gasteiger partial charge in [-0.3, -0.25) is 9.69 Å². The summed E-state index contributed by atoms with van der Waals surface area (Å²) in [5, 5.41) is 0.511. The molecule has 0 spiro atoms. The minimum atomic E-state index is -0.867. The minimum absolute atomic E-state index is 0. The zero-order valence-corrected chi connectivity index (χ0v) is 17.3. The van der Waals surface area contributed by atoms with Gasteiger partial charge in [-0.05, 0) is 37.4 Å². The Bertz CT molecular complexity index is 913. The molecule has 3 aromatic rings. The van der Waals surface area contributed by atoms with Crippen molar-refractivity contribution >= 4 is 45.0 Å². The molecule has 0 saturated carbocycles. The molecule has 8 heteroatoms. The number of carbonyl (C=O) groups is 1. The predicted molar refractivity (Wildman–Crippen MR) is 113 cm³/mol. The summed E-state index contributed by atoms with van der Waals surface area (Å²) in [6.45, 7) is 6.81. The maximum Gasteiger partial charge on any atom is 0.263 e. The summed E-state index contributed by atoms with van der Waals surface area (Å²) < 4.78 is 28.4. The second kappa shape index (κ2) is 9.91. The molecule has 3 rings (SSSR count). The first-order chi connectivity index (χ1) is 13.0. The summed E-state index contributed by atoms with van der Waals surface area (Å²) in [7, 11) is 0. The normalized spacial score (nSPS) is 10.9. The van der Waals surface area contributed by atoms with Crippen LogP contribution in [0.2, 0.25) is 0 Å². The van der Waals surface area contributed by atoms with Gasteiger partial charge in [0.25, 0.3) is 5.91 Å². The van der Waals surface area contributed by atoms with Crippen LogP contribution in [0.25, 0.3) is 10.2 Å². The van der Waals surface area contributed by atoms with Gasteiger partial charge in [-0.15, -0.1) is 12.4 Å². The van der Waals surface area contributed by atoms with Crippen LogP contribution in [0.1, 0.15) is 24.2 Å². The van der Waals surface area contributed by atoms with Crippen LogP contribution in [0.5, 0.6) is 0 Å². The molecule has 0 fully saturated rings. The topological polar surface area (TPSA) is 36.4 Å². The number of thiazole rings is 1. The van der Waals surface area contributed by atoms with Crippen molar-refractivity contribution in [3.8, 4) is 0 Å². The van der Waals surface area contributed by atoms with Gasteiger partial charge < -0.3 is 4.90 Å². The molecule has 0 aliphatic heterocycles. The monoisotopic (exact) mass is 425 g/mol. The summed E-state index contributed by atoms with van der Waals surface area (Å²) >= 11 is 1.38. The lowest BCUT2D eigenvalue weighted by Gasteiger charge is -2.24. The molecule has 0 aliphatic carbocycles. The van der Waals surface area contributed by atoms with Gasteiger partial charge in [0.2, 0.25) is 0 Å². The van der Waals surface area contributed by atoms with Gasteiger partial charge in [0, 0.05) is 19.2 Å². The van der Waals surface area contributed by atoms with Gasteiger partial charge >= 0.3 is 0 Å². The molecule has 0 radical (unpaired) electrons. The Morgan fingerprint density at radius 3 is 2.43 bits per heavy atom. The second-order valence-electron chi connectivity index (χ2n) is 6.07. The molecular weight excluding hydrogens is 404 g/mol. The van der Waals surface area contributed by atoms with Crippen molar-refractivity contribution in [2.45, 2.75) is 13.8 Å². The number of aromatic nitrogens is 1. The number of amides is 1. The van der Waals surface area contributed by atoms with Crippen molar-refractivity contribution in [2.24, 2.45) is 0 Å². The fourth-order valence-corrected chi connectivity index (χ4v) is 3.84. The zero-order chi connectivity index (χ0) is 19.4. The number of rotatable bonds is 7. The van der Waals surface area contributed by atoms with E-state index in [2.05, 4.69) is 9.88 Å². The van der Waals surface area contributed by atoms with E-state index in [1.54, 1.807) is 0 Å². The summed E-state index contributed by atoms with van der Waals surface area (Å²) in [4.78, 5) is 21.3. The Hall–Kier alpha value is -2.09. The Morgan fingerprint density at radius 1 is 1.07 bits per heavy atom. The van der Waals surface area contributed by atoms with E-state index < -0.39 is 17.5 Å². The highest BCUT2D eigenvalue weighted by atomic mass is 35.5. The molecule has 28 heavy (non-hydrogen) atoms. The molecule has 1 aromatic heterocycles. The number of halogens is 3. The van der Waals surface area contributed by atoms with Crippen LogP contribution in [0.15, 0.2) is 42.5 Å². The van der Waals surface area contributed by atoms with Crippen molar-refractivity contribution in [3.63, 3.8) is 0 Å². The molecule has 0 bridgehead atoms. The number of nitrogens with zero attached hydrogens (tertiary/aromatic N) is 3. The van der Waals surface area contributed by atoms with Gasteiger partial charge in [0.05, 0.1) is 15.8 Å². The molecule has 0 N–H and O–H groups in total. The van der Waals surface area contributed by atoms with E-state index in [9.17, 15) is 13.6 Å². The van der Waals surface area contributed by atoms with Crippen molar-refractivity contribution in [1.29, 1.82) is 0 Å². The maximum absolute atomic E-state index is 14.2. The van der Waals surface area contributed by atoms with E-state index >= 15 is 0 Å². The average Bonchev–Trinajstić information content (AvgIpc) is 3.08. The highest BCUT2D eigenvalue weighted by Gasteiger charge is 2.24. The lowest BCUT2D eigenvalue weighted by molar-refractivity contribution is 0.0980. The van der Waals surface area contributed by atoms with Crippen LogP contribution in [-0.4, -0.2) is 42.0 Å². The Morgan fingerprint density at radius 2 is 1.79 bits per heavy atom. The standard InChI is InChI=1S/C20H21F2N3OS.ClH/c1-3-24(4-2)11-12-25(19(26)15-10-9-14(21)13-16(15)22)20-23-17-7-5-6-8-18(17)27-20;/h5-10,13H,3-4,11-12H2,1-2H3;1H. The first-order valence-electron chi connectivity index (χ1n) is 8.88. The summed E-state index contributed by atoms with van der Waals surface area (Å²) in [5.41, 5.74) is 0.632. The minimum Gasteiger partial charge on any atom is -0.302 e. The fraction of sp³-hybridized carbons (Fsp3) is 0.300. The van der Waals surface area contributed by atoms with E-state index in [0.29, 0.717) is 18.2 Å². The molecule has 0 saturated heterocycles. The molecule has 1 heterocycles. The smallest absolute Gasteiger partial charge is 0.263 e. The summed E-state index contributed by atoms with van der Waals surface area (Å²) in [5.74, 6) is -2.09. The Balaban J connectivity index is 0.00000280. The van der Waals surface area contributed by atoms with Crippen molar-refractivity contribution < 1.29 is 13.6 Å². The van der Waals surface area contributed by atoms with Gasteiger partial charge in [-0.25, -0.2) is 13.8 Å². The molecule has 0 unspecified atom stereocenters. The van der Waals surface area contributed by atoms with Gasteiger partial charge in [-0.1, -0.05) is 37.3 Å². The van der Waals surface area contributed by atoms with Gasteiger partial charge in [-0.2, -0.15) is 0 Å². The van der Waals surface area contributed by atoms with E-state index in [4.69, 9.17) is 0 Å². The number of carbonyl (C=O) groups excluding carboxylic acids is 1. The molecule has 0 atom stereocenters. The average molecular weight is 426 g/mol. The third-order valence-electron chi connectivity index (χ3n) is 4.45. The van der Waals surface area contributed by atoms with E-state index in [0.717, 1.165) is 35.4 Å². The lowest BCUT2D eigenvalue weighted by atomic mass is 10.2.